The largest absolute Gasteiger partial charge is 0.309 e. The number of aromatic nitrogens is 5. The number of imidazole rings is 2. The van der Waals surface area contributed by atoms with Crippen LogP contribution in [0.25, 0.3) is 22.6 Å². The second-order valence-corrected chi connectivity index (χ2v) is 9.08. The van der Waals surface area contributed by atoms with Crippen molar-refractivity contribution in [3.63, 3.8) is 0 Å². The maximum absolute atomic E-state index is 14.9. The van der Waals surface area contributed by atoms with E-state index in [1.54, 1.807) is 21.3 Å². The van der Waals surface area contributed by atoms with Gasteiger partial charge in [0.05, 0.1) is 23.8 Å². The predicted molar refractivity (Wildman–Crippen MR) is 120 cm³/mol. The van der Waals surface area contributed by atoms with Crippen LogP contribution in [0.3, 0.4) is 0 Å². The number of hydrogen-bond donors (Lipinski definition) is 1. The van der Waals surface area contributed by atoms with Gasteiger partial charge in [-0.3, -0.25) is 4.79 Å². The lowest BCUT2D eigenvalue weighted by atomic mass is 9.74. The Hall–Kier alpha value is -3.33. The van der Waals surface area contributed by atoms with Crippen molar-refractivity contribution >= 4 is 23.0 Å². The molecule has 32 heavy (non-hydrogen) atoms. The van der Waals surface area contributed by atoms with Crippen LogP contribution in [0.2, 0.25) is 0 Å². The molecule has 0 aromatic carbocycles. The summed E-state index contributed by atoms with van der Waals surface area (Å²) in [4.78, 5) is 23.4. The van der Waals surface area contributed by atoms with Crippen LogP contribution < -0.4 is 5.32 Å². The number of rotatable bonds is 5. The fourth-order valence-electron chi connectivity index (χ4n) is 4.49. The zero-order chi connectivity index (χ0) is 22.6. The molecule has 5 rings (SSSR count). The number of nitrogens with one attached hydrogen (secondary N) is 1. The Bertz CT molecular complexity index is 1330. The topological polar surface area (TPSA) is 79.8 Å². The van der Waals surface area contributed by atoms with Crippen molar-refractivity contribution in [1.82, 2.24) is 28.9 Å². The van der Waals surface area contributed by atoms with Gasteiger partial charge in [-0.25, -0.2) is 18.9 Å². The molecule has 0 bridgehead atoms. The third-order valence-electron chi connectivity index (χ3n) is 6.01. The van der Waals surface area contributed by atoms with E-state index in [2.05, 4.69) is 25.3 Å². The van der Waals surface area contributed by atoms with E-state index in [9.17, 15) is 9.18 Å². The number of nitrogens with zero attached hydrogens (tertiary/aromatic N) is 6. The Morgan fingerprint density at radius 2 is 1.94 bits per heavy atom. The van der Waals surface area contributed by atoms with Crippen LogP contribution in [0.1, 0.15) is 24.1 Å². The predicted octanol–water partition coefficient (Wildman–Crippen LogP) is 3.33. The van der Waals surface area contributed by atoms with Gasteiger partial charge in [-0.05, 0) is 64.4 Å². The third kappa shape index (κ3) is 3.73. The Balaban J connectivity index is 1.39. The van der Waals surface area contributed by atoms with E-state index >= 15 is 0 Å². The quantitative estimate of drug-likeness (QED) is 0.520. The first-order valence-corrected chi connectivity index (χ1v) is 10.7. The van der Waals surface area contributed by atoms with Gasteiger partial charge in [-0.2, -0.15) is 5.10 Å². The maximum Gasteiger partial charge on any atom is 0.228 e. The molecule has 1 amide bonds. The van der Waals surface area contributed by atoms with Gasteiger partial charge in [0.2, 0.25) is 5.91 Å². The third-order valence-corrected chi connectivity index (χ3v) is 6.01. The van der Waals surface area contributed by atoms with Gasteiger partial charge in [0, 0.05) is 24.2 Å². The van der Waals surface area contributed by atoms with E-state index in [-0.39, 0.29) is 17.5 Å². The molecule has 0 atom stereocenters. The van der Waals surface area contributed by atoms with E-state index in [0.29, 0.717) is 23.0 Å². The zero-order valence-corrected chi connectivity index (χ0v) is 18.6. The average Bonchev–Trinajstić information content (AvgIpc) is 3.26. The van der Waals surface area contributed by atoms with Crippen molar-refractivity contribution in [1.29, 1.82) is 0 Å². The van der Waals surface area contributed by atoms with Gasteiger partial charge in [0.15, 0.2) is 22.9 Å². The molecular formula is C23H26FN7O. The number of pyridine rings is 1. The SMILES string of the molecule is Cc1cn2nc(-c3cc(F)c4nc(NC(=O)C5CC(CN(C)C)C5)cn4c3)cc(C)c2n1. The Morgan fingerprint density at radius 1 is 1.16 bits per heavy atom. The second kappa shape index (κ2) is 7.67. The minimum absolute atomic E-state index is 0.0114. The van der Waals surface area contributed by atoms with Gasteiger partial charge < -0.3 is 14.6 Å². The number of anilines is 1. The molecule has 1 aliphatic carbocycles. The molecule has 0 unspecified atom stereocenters. The second-order valence-electron chi connectivity index (χ2n) is 9.08. The monoisotopic (exact) mass is 435 g/mol. The number of carbonyl (C=O) groups excluding carboxylic acids is 1. The molecule has 0 aliphatic heterocycles. The van der Waals surface area contributed by atoms with Crippen LogP contribution in [-0.2, 0) is 4.79 Å². The normalized spacial score (nSPS) is 18.4. The molecule has 8 nitrogen and oxygen atoms in total. The van der Waals surface area contributed by atoms with Crippen molar-refractivity contribution in [2.45, 2.75) is 26.7 Å². The summed E-state index contributed by atoms with van der Waals surface area (Å²) in [5.74, 6) is 0.366. The summed E-state index contributed by atoms with van der Waals surface area (Å²) in [7, 11) is 4.08. The average molecular weight is 436 g/mol. The number of carbonyl (C=O) groups is 1. The molecule has 1 saturated carbocycles. The molecule has 4 aromatic heterocycles. The first-order valence-electron chi connectivity index (χ1n) is 10.7. The molecule has 0 spiro atoms. The summed E-state index contributed by atoms with van der Waals surface area (Å²) in [5.41, 5.74) is 4.02. The lowest BCUT2D eigenvalue weighted by Crippen LogP contribution is -2.39. The fourth-order valence-corrected chi connectivity index (χ4v) is 4.49. The van der Waals surface area contributed by atoms with Gasteiger partial charge in [0.25, 0.3) is 0 Å². The van der Waals surface area contributed by atoms with Crippen LogP contribution in [0.5, 0.6) is 0 Å². The fraction of sp³-hybridized carbons (Fsp3) is 0.391. The molecule has 1 fully saturated rings. The van der Waals surface area contributed by atoms with E-state index < -0.39 is 5.82 Å². The number of fused-ring (bicyclic) bond motifs is 2. The van der Waals surface area contributed by atoms with E-state index in [0.717, 1.165) is 36.3 Å². The lowest BCUT2D eigenvalue weighted by Gasteiger charge is -2.35. The van der Waals surface area contributed by atoms with Gasteiger partial charge in [0.1, 0.15) is 0 Å². The van der Waals surface area contributed by atoms with Crippen molar-refractivity contribution in [2.24, 2.45) is 11.8 Å². The Morgan fingerprint density at radius 3 is 2.69 bits per heavy atom. The zero-order valence-electron chi connectivity index (χ0n) is 18.6. The van der Waals surface area contributed by atoms with Gasteiger partial charge in [-0.1, -0.05) is 0 Å². The Labute approximate surface area is 185 Å². The highest BCUT2D eigenvalue weighted by Crippen LogP contribution is 2.35. The smallest absolute Gasteiger partial charge is 0.228 e. The van der Waals surface area contributed by atoms with Crippen LogP contribution in [0.15, 0.2) is 30.7 Å². The maximum atomic E-state index is 14.9. The van der Waals surface area contributed by atoms with Crippen molar-refractivity contribution in [2.75, 3.05) is 26.0 Å². The summed E-state index contributed by atoms with van der Waals surface area (Å²) in [6.07, 6.45) is 7.00. The molecular weight excluding hydrogens is 409 g/mol. The first-order chi connectivity index (χ1) is 15.3. The molecule has 0 saturated heterocycles. The molecule has 1 aliphatic rings. The van der Waals surface area contributed by atoms with Crippen molar-refractivity contribution in [3.05, 3.63) is 47.8 Å². The molecule has 166 valence electrons. The van der Waals surface area contributed by atoms with E-state index in [4.69, 9.17) is 0 Å². The minimum Gasteiger partial charge on any atom is -0.309 e. The van der Waals surface area contributed by atoms with E-state index in [1.165, 1.54) is 6.07 Å². The molecule has 9 heteroatoms. The molecule has 4 heterocycles. The molecule has 4 aromatic rings. The van der Waals surface area contributed by atoms with Crippen LogP contribution in [0.4, 0.5) is 10.2 Å². The highest BCUT2D eigenvalue weighted by atomic mass is 19.1. The van der Waals surface area contributed by atoms with Crippen molar-refractivity contribution in [3.8, 4) is 11.3 Å². The van der Waals surface area contributed by atoms with Crippen molar-refractivity contribution < 1.29 is 9.18 Å². The number of halogens is 1. The standard InChI is InChI=1S/C23H26FN7O/c1-13-5-19(28-31-9-14(2)25-21(13)31)17-8-18(24)22-26-20(12-30(22)11-17)27-23(32)16-6-15(7-16)10-29(3)4/h5,8-9,11-12,15-16H,6-7,10H2,1-4H3,(H,27,32). The van der Waals surface area contributed by atoms with Gasteiger partial charge in [-0.15, -0.1) is 0 Å². The minimum atomic E-state index is -0.473. The summed E-state index contributed by atoms with van der Waals surface area (Å²) in [6.45, 7) is 4.85. The van der Waals surface area contributed by atoms with Crippen LogP contribution in [-0.4, -0.2) is 55.4 Å². The first kappa shape index (κ1) is 20.6. The van der Waals surface area contributed by atoms with Gasteiger partial charge >= 0.3 is 0 Å². The highest BCUT2D eigenvalue weighted by Gasteiger charge is 2.34. The summed E-state index contributed by atoms with van der Waals surface area (Å²) < 4.78 is 18.2. The molecule has 0 radical (unpaired) electrons. The van der Waals surface area contributed by atoms with E-state index in [1.807, 2.05) is 40.2 Å². The van der Waals surface area contributed by atoms with Crippen LogP contribution in [0, 0.1) is 31.5 Å². The summed E-state index contributed by atoms with van der Waals surface area (Å²) >= 11 is 0. The lowest BCUT2D eigenvalue weighted by molar-refractivity contribution is -0.123. The highest BCUT2D eigenvalue weighted by molar-refractivity contribution is 5.92. The van der Waals surface area contributed by atoms with Crippen LogP contribution >= 0.6 is 0 Å². The number of amides is 1. The number of hydrogen-bond acceptors (Lipinski definition) is 5. The Kier molecular flexibility index (Phi) is 4.93. The number of aryl methyl sites for hydroxylation is 2. The summed E-state index contributed by atoms with van der Waals surface area (Å²) in [5, 5.41) is 7.43. The summed E-state index contributed by atoms with van der Waals surface area (Å²) in [6, 6.07) is 3.31. The molecule has 1 N–H and O–H groups in total.